The van der Waals surface area contributed by atoms with Crippen LogP contribution in [0, 0.1) is 5.82 Å². The first kappa shape index (κ1) is 18.2. The summed E-state index contributed by atoms with van der Waals surface area (Å²) in [5, 5.41) is 5.43. The molecular formula is C21H20FN3O3. The van der Waals surface area contributed by atoms with Crippen molar-refractivity contribution in [2.75, 3.05) is 13.1 Å². The van der Waals surface area contributed by atoms with Crippen LogP contribution < -0.4 is 10.6 Å². The van der Waals surface area contributed by atoms with Gasteiger partial charge in [-0.15, -0.1) is 0 Å². The van der Waals surface area contributed by atoms with Gasteiger partial charge in [-0.1, -0.05) is 42.5 Å². The zero-order chi connectivity index (χ0) is 19.7. The van der Waals surface area contributed by atoms with Gasteiger partial charge in [0.05, 0.1) is 0 Å². The Balaban J connectivity index is 1.39. The zero-order valence-electron chi connectivity index (χ0n) is 15.2. The van der Waals surface area contributed by atoms with Gasteiger partial charge < -0.3 is 10.6 Å². The number of amides is 4. The van der Waals surface area contributed by atoms with Gasteiger partial charge in [0.15, 0.2) is 0 Å². The Morgan fingerprint density at radius 1 is 1.14 bits per heavy atom. The summed E-state index contributed by atoms with van der Waals surface area (Å²) in [7, 11) is 0. The van der Waals surface area contributed by atoms with E-state index >= 15 is 0 Å². The summed E-state index contributed by atoms with van der Waals surface area (Å²) in [6, 6.07) is 13.3. The van der Waals surface area contributed by atoms with Crippen LogP contribution in [-0.2, 0) is 28.0 Å². The highest BCUT2D eigenvalue weighted by Crippen LogP contribution is 2.41. The molecule has 2 aromatic rings. The van der Waals surface area contributed by atoms with Crippen LogP contribution in [0.5, 0.6) is 0 Å². The normalized spacial score (nSPS) is 20.4. The number of carbonyl (C=O) groups excluding carboxylic acids is 3. The van der Waals surface area contributed by atoms with Crippen molar-refractivity contribution in [3.05, 3.63) is 71.0 Å². The van der Waals surface area contributed by atoms with E-state index in [4.69, 9.17) is 0 Å². The molecule has 1 aliphatic carbocycles. The third-order valence-electron chi connectivity index (χ3n) is 5.40. The van der Waals surface area contributed by atoms with Gasteiger partial charge in [-0.25, -0.2) is 9.18 Å². The molecule has 0 aromatic heterocycles. The molecule has 4 amide bonds. The Morgan fingerprint density at radius 3 is 2.71 bits per heavy atom. The molecule has 1 spiro atoms. The Labute approximate surface area is 161 Å². The van der Waals surface area contributed by atoms with Crippen LogP contribution in [0.15, 0.2) is 48.5 Å². The first-order valence-electron chi connectivity index (χ1n) is 9.24. The highest BCUT2D eigenvalue weighted by atomic mass is 19.1. The third-order valence-corrected chi connectivity index (χ3v) is 5.40. The first-order valence-corrected chi connectivity index (χ1v) is 9.24. The number of aryl methyl sites for hydroxylation is 1. The number of nitrogens with zero attached hydrogens (tertiary/aromatic N) is 1. The average molecular weight is 381 g/mol. The van der Waals surface area contributed by atoms with Crippen molar-refractivity contribution in [1.29, 1.82) is 0 Å². The number of rotatable bonds is 5. The molecule has 1 aliphatic heterocycles. The molecule has 0 bridgehead atoms. The number of hydrogen-bond acceptors (Lipinski definition) is 3. The van der Waals surface area contributed by atoms with Crippen molar-refractivity contribution in [2.45, 2.75) is 24.8 Å². The molecule has 2 aromatic carbocycles. The molecule has 28 heavy (non-hydrogen) atoms. The van der Waals surface area contributed by atoms with Crippen LogP contribution in [0.1, 0.15) is 23.1 Å². The van der Waals surface area contributed by atoms with Gasteiger partial charge in [0.2, 0.25) is 5.91 Å². The number of urea groups is 1. The molecule has 2 N–H and O–H groups in total. The number of nitrogens with one attached hydrogen (secondary N) is 2. The van der Waals surface area contributed by atoms with E-state index in [-0.39, 0.29) is 18.9 Å². The Hall–Kier alpha value is -3.22. The number of hydrogen-bond donors (Lipinski definition) is 2. The standard InChI is InChI=1S/C21H20FN3O3/c22-17-8-4-2-6-15(17)10-12-23-18(26)13-25-19(27)21(24-20(25)28)11-9-14-5-1-3-7-16(14)21/h1-8H,9-13H2,(H,23,26)(H,24,28). The smallest absolute Gasteiger partial charge is 0.325 e. The Bertz CT molecular complexity index is 961. The van der Waals surface area contributed by atoms with Crippen LogP contribution >= 0.6 is 0 Å². The van der Waals surface area contributed by atoms with Crippen molar-refractivity contribution >= 4 is 17.8 Å². The molecule has 0 saturated carbocycles. The second kappa shape index (κ2) is 7.07. The van der Waals surface area contributed by atoms with Gasteiger partial charge in [-0.05, 0) is 42.0 Å². The maximum absolute atomic E-state index is 13.6. The van der Waals surface area contributed by atoms with Crippen LogP contribution in [0.4, 0.5) is 9.18 Å². The molecule has 144 valence electrons. The number of benzene rings is 2. The van der Waals surface area contributed by atoms with E-state index in [1.165, 1.54) is 6.07 Å². The SMILES string of the molecule is O=C(CN1C(=O)NC2(CCc3ccccc32)C1=O)NCCc1ccccc1F. The van der Waals surface area contributed by atoms with E-state index in [1.54, 1.807) is 18.2 Å². The molecule has 1 saturated heterocycles. The minimum atomic E-state index is -1.07. The topological polar surface area (TPSA) is 78.5 Å². The van der Waals surface area contributed by atoms with Crippen LogP contribution in [0.2, 0.25) is 0 Å². The molecular weight excluding hydrogens is 361 g/mol. The average Bonchev–Trinajstić information content (AvgIpc) is 3.17. The third kappa shape index (κ3) is 3.02. The zero-order valence-corrected chi connectivity index (χ0v) is 15.2. The summed E-state index contributed by atoms with van der Waals surface area (Å²) >= 11 is 0. The van der Waals surface area contributed by atoms with Crippen molar-refractivity contribution in [3.8, 4) is 0 Å². The lowest BCUT2D eigenvalue weighted by Crippen LogP contribution is -2.44. The van der Waals surface area contributed by atoms with E-state index in [9.17, 15) is 18.8 Å². The van der Waals surface area contributed by atoms with Gasteiger partial charge in [-0.3, -0.25) is 14.5 Å². The molecule has 6 nitrogen and oxygen atoms in total. The Kier molecular flexibility index (Phi) is 4.58. The fraction of sp³-hybridized carbons (Fsp3) is 0.286. The van der Waals surface area contributed by atoms with Gasteiger partial charge in [0.1, 0.15) is 17.9 Å². The molecule has 0 radical (unpaired) electrons. The number of halogens is 1. The second-order valence-electron chi connectivity index (χ2n) is 7.08. The minimum absolute atomic E-state index is 0.220. The molecule has 2 aliphatic rings. The summed E-state index contributed by atoms with van der Waals surface area (Å²) in [6.45, 7) is -0.136. The second-order valence-corrected chi connectivity index (χ2v) is 7.08. The van der Waals surface area contributed by atoms with E-state index in [0.717, 1.165) is 16.0 Å². The highest BCUT2D eigenvalue weighted by molar-refractivity contribution is 6.09. The number of fused-ring (bicyclic) bond motifs is 2. The highest BCUT2D eigenvalue weighted by Gasteiger charge is 2.55. The van der Waals surface area contributed by atoms with Gasteiger partial charge in [0, 0.05) is 6.54 Å². The lowest BCUT2D eigenvalue weighted by atomic mass is 9.92. The maximum atomic E-state index is 13.6. The summed E-state index contributed by atoms with van der Waals surface area (Å²) in [6.07, 6.45) is 1.52. The van der Waals surface area contributed by atoms with Gasteiger partial charge in [0.25, 0.3) is 5.91 Å². The largest absolute Gasteiger partial charge is 0.354 e. The lowest BCUT2D eigenvalue weighted by molar-refractivity contribution is -0.135. The predicted molar refractivity (Wildman–Crippen MR) is 99.8 cm³/mol. The van der Waals surface area contributed by atoms with Crippen LogP contribution in [-0.4, -0.2) is 35.8 Å². The summed E-state index contributed by atoms with van der Waals surface area (Å²) in [5.41, 5.74) is 1.27. The summed E-state index contributed by atoms with van der Waals surface area (Å²) in [5.74, 6) is -1.18. The lowest BCUT2D eigenvalue weighted by Gasteiger charge is -2.22. The Morgan fingerprint density at radius 2 is 1.89 bits per heavy atom. The maximum Gasteiger partial charge on any atom is 0.325 e. The number of carbonyl (C=O) groups is 3. The first-order chi connectivity index (χ1) is 13.5. The van der Waals surface area contributed by atoms with E-state index in [2.05, 4.69) is 10.6 Å². The van der Waals surface area contributed by atoms with Crippen molar-refractivity contribution < 1.29 is 18.8 Å². The fourth-order valence-corrected chi connectivity index (χ4v) is 3.97. The predicted octanol–water partition coefficient (Wildman–Crippen LogP) is 1.88. The fourth-order valence-electron chi connectivity index (χ4n) is 3.97. The monoisotopic (exact) mass is 381 g/mol. The number of imide groups is 1. The van der Waals surface area contributed by atoms with Crippen molar-refractivity contribution in [1.82, 2.24) is 15.5 Å². The molecule has 1 atom stereocenters. The quantitative estimate of drug-likeness (QED) is 0.777. The molecule has 1 heterocycles. The van der Waals surface area contributed by atoms with Crippen molar-refractivity contribution in [2.24, 2.45) is 0 Å². The molecule has 1 unspecified atom stereocenters. The molecule has 7 heteroatoms. The molecule has 1 fully saturated rings. The van der Waals surface area contributed by atoms with Crippen molar-refractivity contribution in [3.63, 3.8) is 0 Å². The molecule has 4 rings (SSSR count). The van der Waals surface area contributed by atoms with Crippen LogP contribution in [0.25, 0.3) is 0 Å². The van der Waals surface area contributed by atoms with E-state index in [0.29, 0.717) is 24.8 Å². The summed E-state index contributed by atoms with van der Waals surface area (Å²) < 4.78 is 13.6. The minimum Gasteiger partial charge on any atom is -0.354 e. The van der Waals surface area contributed by atoms with Gasteiger partial charge >= 0.3 is 6.03 Å². The van der Waals surface area contributed by atoms with E-state index < -0.39 is 23.4 Å². The van der Waals surface area contributed by atoms with Crippen LogP contribution in [0.3, 0.4) is 0 Å². The van der Waals surface area contributed by atoms with E-state index in [1.807, 2.05) is 24.3 Å². The summed E-state index contributed by atoms with van der Waals surface area (Å²) in [4.78, 5) is 38.6. The van der Waals surface area contributed by atoms with Gasteiger partial charge in [-0.2, -0.15) is 0 Å².